The zero-order chi connectivity index (χ0) is 63.4. The van der Waals surface area contributed by atoms with Crippen LogP contribution in [0.1, 0.15) is 124 Å². The Morgan fingerprint density at radius 3 is 1.19 bits per heavy atom. The molecule has 0 radical (unpaired) electrons. The van der Waals surface area contributed by atoms with Crippen LogP contribution >= 0.6 is 0 Å². The van der Waals surface area contributed by atoms with Crippen molar-refractivity contribution in [2.75, 3.05) is 60.5 Å². The number of esters is 1. The maximum atomic E-state index is 12.8. The number of nitrogens with two attached hydrogens (primary N) is 1. The molecule has 0 aliphatic heterocycles. The third kappa shape index (κ3) is 18.0. The number of anilines is 1. The van der Waals surface area contributed by atoms with E-state index in [9.17, 15) is 29.6 Å². The molecule has 89 heavy (non-hydrogen) atoms. The van der Waals surface area contributed by atoms with E-state index in [4.69, 9.17) is 38.9 Å². The first kappa shape index (κ1) is 67.0. The fourth-order valence-electron chi connectivity index (χ4n) is 10.5. The molecule has 0 heterocycles. The first-order chi connectivity index (χ1) is 43.3. The minimum absolute atomic E-state index is 0.0237. The number of amides is 2. The highest BCUT2D eigenvalue weighted by Gasteiger charge is 2.39. The summed E-state index contributed by atoms with van der Waals surface area (Å²) in [5.41, 5.74) is 11.9. The average Bonchev–Trinajstić information content (AvgIpc) is 3.06. The Bertz CT molecular complexity index is 3400. The van der Waals surface area contributed by atoms with Gasteiger partial charge in [-0.05, 0) is 131 Å². The molecule has 0 saturated carbocycles. The van der Waals surface area contributed by atoms with E-state index in [2.05, 4.69) is 59.2 Å². The molecule has 0 aliphatic rings. The van der Waals surface area contributed by atoms with Crippen LogP contribution in [0.3, 0.4) is 0 Å². The highest BCUT2D eigenvalue weighted by Crippen LogP contribution is 2.44. The third-order valence-electron chi connectivity index (χ3n) is 15.2. The SMILES string of the molecule is COc1ccc(C(OCCCCCCNC(=O)c2cc(N)ccc2COC(C)=O)(c2ccccc2)c2ccc(OC)cc2)cc1.COc1ccc(C(OCCCCCCNC(=O)c2cc([N+](=O)[O-])ccc2CO)(c2ccccc2)c2ccc(OC)cc2)cc1. The molecule has 466 valence electrons. The zero-order valence-corrected chi connectivity index (χ0v) is 51.2. The first-order valence-corrected chi connectivity index (χ1v) is 29.7. The monoisotopic (exact) mass is 1210 g/mol. The van der Waals surface area contributed by atoms with Crippen LogP contribution in [-0.4, -0.2) is 82.6 Å². The van der Waals surface area contributed by atoms with Crippen molar-refractivity contribution in [3.63, 3.8) is 0 Å². The second-order valence-electron chi connectivity index (χ2n) is 21.0. The number of unbranched alkanes of at least 4 members (excludes halogenated alkanes) is 6. The Kier molecular flexibility index (Phi) is 25.7. The van der Waals surface area contributed by atoms with Gasteiger partial charge in [0.2, 0.25) is 0 Å². The second kappa shape index (κ2) is 34.1. The van der Waals surface area contributed by atoms with Gasteiger partial charge < -0.3 is 54.6 Å². The van der Waals surface area contributed by atoms with Gasteiger partial charge >= 0.3 is 5.97 Å². The highest BCUT2D eigenvalue weighted by molar-refractivity contribution is 5.97. The lowest BCUT2D eigenvalue weighted by Crippen LogP contribution is -2.33. The number of hydrogen-bond donors (Lipinski definition) is 4. The Morgan fingerprint density at radius 1 is 0.472 bits per heavy atom. The fraction of sp³-hybridized carbons (Fsp3) is 0.292. The molecule has 0 saturated heterocycles. The summed E-state index contributed by atoms with van der Waals surface area (Å²) >= 11 is 0. The van der Waals surface area contributed by atoms with Crippen LogP contribution < -0.4 is 35.3 Å². The Balaban J connectivity index is 0.000000254. The lowest BCUT2D eigenvalue weighted by molar-refractivity contribution is -0.384. The molecule has 0 aromatic heterocycles. The molecule has 5 N–H and O–H groups in total. The highest BCUT2D eigenvalue weighted by atomic mass is 16.6. The molecular formula is C72H80N4O13. The van der Waals surface area contributed by atoms with Gasteiger partial charge in [0.15, 0.2) is 0 Å². The molecule has 17 nitrogen and oxygen atoms in total. The Hall–Kier alpha value is -9.55. The lowest BCUT2D eigenvalue weighted by Gasteiger charge is -2.36. The quantitative estimate of drug-likeness (QED) is 0.00768. The number of nitro benzene ring substituents is 1. The van der Waals surface area contributed by atoms with Crippen molar-refractivity contribution in [1.29, 1.82) is 0 Å². The third-order valence-corrected chi connectivity index (χ3v) is 15.2. The summed E-state index contributed by atoms with van der Waals surface area (Å²) in [4.78, 5) is 47.3. The maximum absolute atomic E-state index is 12.8. The van der Waals surface area contributed by atoms with Crippen molar-refractivity contribution in [3.05, 3.63) is 260 Å². The lowest BCUT2D eigenvalue weighted by atomic mass is 9.80. The molecule has 0 spiro atoms. The number of nitrogens with zero attached hydrogens (tertiary/aromatic N) is 1. The normalized spacial score (nSPS) is 11.1. The minimum Gasteiger partial charge on any atom is -0.497 e. The fourth-order valence-corrected chi connectivity index (χ4v) is 10.5. The molecule has 0 aliphatic carbocycles. The van der Waals surface area contributed by atoms with E-state index in [0.717, 1.165) is 108 Å². The number of rotatable bonds is 32. The van der Waals surface area contributed by atoms with Crippen molar-refractivity contribution < 1.29 is 57.6 Å². The molecular weight excluding hydrogens is 1130 g/mol. The topological polar surface area (TPSA) is 229 Å². The molecule has 8 rings (SSSR count). The van der Waals surface area contributed by atoms with Gasteiger partial charge in [0, 0.05) is 62.2 Å². The van der Waals surface area contributed by atoms with Gasteiger partial charge in [-0.3, -0.25) is 24.5 Å². The van der Waals surface area contributed by atoms with Crippen LogP contribution in [0.5, 0.6) is 23.0 Å². The Morgan fingerprint density at radius 2 is 0.831 bits per heavy atom. The molecule has 2 amide bonds. The average molecular weight is 1210 g/mol. The van der Waals surface area contributed by atoms with Crippen molar-refractivity contribution in [2.45, 2.75) is 82.7 Å². The zero-order valence-electron chi connectivity index (χ0n) is 51.2. The van der Waals surface area contributed by atoms with E-state index >= 15 is 0 Å². The second-order valence-corrected chi connectivity index (χ2v) is 21.0. The number of nitrogens with one attached hydrogen (secondary N) is 2. The van der Waals surface area contributed by atoms with Gasteiger partial charge in [0.1, 0.15) is 40.8 Å². The summed E-state index contributed by atoms with van der Waals surface area (Å²) < 4.78 is 40.5. The minimum atomic E-state index is -0.865. The summed E-state index contributed by atoms with van der Waals surface area (Å²) in [6.45, 7) is 2.94. The molecule has 0 atom stereocenters. The number of hydrogen-bond acceptors (Lipinski definition) is 14. The van der Waals surface area contributed by atoms with Crippen LogP contribution in [0.4, 0.5) is 11.4 Å². The number of benzene rings is 8. The summed E-state index contributed by atoms with van der Waals surface area (Å²) in [5, 5.41) is 26.4. The van der Waals surface area contributed by atoms with Crippen molar-refractivity contribution in [3.8, 4) is 23.0 Å². The number of aliphatic hydroxyl groups excluding tert-OH is 1. The molecule has 8 aromatic carbocycles. The van der Waals surface area contributed by atoms with Crippen molar-refractivity contribution in [1.82, 2.24) is 10.6 Å². The van der Waals surface area contributed by atoms with Crippen LogP contribution in [0, 0.1) is 10.1 Å². The largest absolute Gasteiger partial charge is 0.497 e. The van der Waals surface area contributed by atoms with E-state index in [-0.39, 0.29) is 30.4 Å². The molecule has 0 fully saturated rings. The van der Waals surface area contributed by atoms with Gasteiger partial charge in [-0.2, -0.15) is 0 Å². The van der Waals surface area contributed by atoms with Gasteiger partial charge in [0.25, 0.3) is 17.5 Å². The molecule has 17 heteroatoms. The van der Waals surface area contributed by atoms with Crippen LogP contribution in [0.15, 0.2) is 194 Å². The summed E-state index contributed by atoms with van der Waals surface area (Å²) in [6, 6.07) is 61.2. The summed E-state index contributed by atoms with van der Waals surface area (Å²) in [7, 11) is 6.60. The summed E-state index contributed by atoms with van der Waals surface area (Å²) in [6.07, 6.45) is 6.78. The van der Waals surface area contributed by atoms with Crippen LogP contribution in [0.25, 0.3) is 0 Å². The predicted octanol–water partition coefficient (Wildman–Crippen LogP) is 13.1. The first-order valence-electron chi connectivity index (χ1n) is 29.7. The van der Waals surface area contributed by atoms with E-state index in [0.29, 0.717) is 48.7 Å². The smallest absolute Gasteiger partial charge is 0.302 e. The number of aliphatic hydroxyl groups is 1. The number of methoxy groups -OCH3 is 4. The number of nitro groups is 1. The van der Waals surface area contributed by atoms with E-state index in [1.54, 1.807) is 46.6 Å². The maximum Gasteiger partial charge on any atom is 0.302 e. The van der Waals surface area contributed by atoms with Gasteiger partial charge in [0.05, 0.1) is 45.5 Å². The summed E-state index contributed by atoms with van der Waals surface area (Å²) in [5.74, 6) is 1.99. The van der Waals surface area contributed by atoms with Crippen LogP contribution in [0.2, 0.25) is 0 Å². The van der Waals surface area contributed by atoms with E-state index in [1.807, 2.05) is 109 Å². The number of carbonyl (C=O) groups excluding carboxylic acids is 3. The predicted molar refractivity (Wildman–Crippen MR) is 343 cm³/mol. The van der Waals surface area contributed by atoms with Crippen molar-refractivity contribution >= 4 is 29.2 Å². The Labute approximate surface area is 521 Å². The molecule has 8 aromatic rings. The number of nitrogen functional groups attached to an aromatic ring is 1. The van der Waals surface area contributed by atoms with Gasteiger partial charge in [-0.25, -0.2) is 0 Å². The van der Waals surface area contributed by atoms with Crippen molar-refractivity contribution in [2.24, 2.45) is 0 Å². The van der Waals surface area contributed by atoms with E-state index in [1.165, 1.54) is 25.1 Å². The van der Waals surface area contributed by atoms with E-state index < -0.39 is 28.0 Å². The van der Waals surface area contributed by atoms with Gasteiger partial charge in [-0.1, -0.05) is 141 Å². The molecule has 0 bridgehead atoms. The molecule has 0 unspecified atom stereocenters. The van der Waals surface area contributed by atoms with Crippen LogP contribution in [-0.2, 0) is 43.4 Å². The number of carbonyl (C=O) groups is 3. The number of ether oxygens (including phenoxy) is 7. The van der Waals surface area contributed by atoms with Gasteiger partial charge in [-0.15, -0.1) is 0 Å². The number of non-ortho nitro benzene ring substituents is 1. The standard InChI is InChI=1S/C37H42N2O6.C35H38N2O7/c1-27(40)44-26-28-13-18-32(38)25-35(28)36(41)39-23-9-4-5-10-24-45-37(29-11-7-6-8-12-29,30-14-19-33(42-2)20-15-30)31-16-21-34(43-3)22-17-31;1-42-31-18-13-28(14-19-31)35(27-10-6-5-7-11-27,29-15-20-32(43-2)21-16-29)44-23-9-4-3-8-22-36-34(39)33-24-30(37(40)41)17-12-26(33)25-38/h6-8,11-22,25H,4-5,9-10,23-24,26,38H2,1-3H3,(H,39,41);5-7,10-21,24,38H,3-4,8-9,22-23,25H2,1-2H3,(H,36,39).